The number of halogens is 3. The molecule has 3 rings (SSSR count). The van der Waals surface area contributed by atoms with Gasteiger partial charge < -0.3 is 14.8 Å². The number of anilines is 1. The third kappa shape index (κ3) is 5.00. The first-order chi connectivity index (χ1) is 13.8. The Hall–Kier alpha value is -3.63. The second kappa shape index (κ2) is 8.17. The van der Waals surface area contributed by atoms with E-state index in [9.17, 15) is 18.0 Å². The molecule has 0 saturated carbocycles. The van der Waals surface area contributed by atoms with Crippen LogP contribution in [-0.2, 0) is 17.5 Å². The Kier molecular flexibility index (Phi) is 5.66. The minimum atomic E-state index is -4.48. The first kappa shape index (κ1) is 20.1. The smallest absolute Gasteiger partial charge is 0.416 e. The number of hydrogen-bond donors (Lipinski definition) is 1. The number of ether oxygens (including phenoxy) is 2. The molecule has 152 valence electrons. The van der Waals surface area contributed by atoms with Crippen molar-refractivity contribution in [1.29, 1.82) is 0 Å². The molecule has 0 aliphatic rings. The van der Waals surface area contributed by atoms with E-state index in [0.29, 0.717) is 17.2 Å². The van der Waals surface area contributed by atoms with E-state index in [0.717, 1.165) is 16.9 Å². The molecule has 0 fully saturated rings. The number of benzene rings is 2. The van der Waals surface area contributed by atoms with Gasteiger partial charge in [-0.1, -0.05) is 12.1 Å². The molecule has 8 nitrogen and oxygen atoms in total. The maximum absolute atomic E-state index is 12.8. The molecular weight excluding hydrogens is 391 g/mol. The van der Waals surface area contributed by atoms with Crippen LogP contribution in [0.2, 0.25) is 0 Å². The first-order valence-corrected chi connectivity index (χ1v) is 8.27. The van der Waals surface area contributed by atoms with E-state index in [1.807, 2.05) is 0 Å². The van der Waals surface area contributed by atoms with Crippen LogP contribution in [0.5, 0.6) is 11.5 Å². The lowest BCUT2D eigenvalue weighted by Crippen LogP contribution is -2.20. The van der Waals surface area contributed by atoms with E-state index in [1.54, 1.807) is 18.2 Å². The van der Waals surface area contributed by atoms with Gasteiger partial charge in [0.2, 0.25) is 11.7 Å². The summed E-state index contributed by atoms with van der Waals surface area (Å²) in [6.45, 7) is -0.286. The van der Waals surface area contributed by atoms with Crippen molar-refractivity contribution in [3.63, 3.8) is 0 Å². The van der Waals surface area contributed by atoms with Crippen molar-refractivity contribution in [2.75, 3.05) is 19.5 Å². The number of rotatable bonds is 6. The average Bonchev–Trinajstić information content (AvgIpc) is 3.15. The first-order valence-electron chi connectivity index (χ1n) is 8.27. The molecule has 0 radical (unpaired) electrons. The zero-order valence-corrected chi connectivity index (χ0v) is 15.4. The van der Waals surface area contributed by atoms with Gasteiger partial charge in [-0.2, -0.15) is 18.0 Å². The molecule has 0 aliphatic carbocycles. The molecule has 0 atom stereocenters. The van der Waals surface area contributed by atoms with Crippen LogP contribution in [0.4, 0.5) is 18.9 Å². The molecule has 1 N–H and O–H groups in total. The Labute approximate surface area is 163 Å². The average molecular weight is 407 g/mol. The lowest BCUT2D eigenvalue weighted by atomic mass is 10.1. The van der Waals surface area contributed by atoms with Gasteiger partial charge in [-0.25, -0.2) is 0 Å². The Morgan fingerprint density at radius 1 is 1.10 bits per heavy atom. The second-order valence-corrected chi connectivity index (χ2v) is 5.87. The van der Waals surface area contributed by atoms with E-state index in [4.69, 9.17) is 9.47 Å². The van der Waals surface area contributed by atoms with E-state index in [1.165, 1.54) is 26.4 Å². The molecule has 0 spiro atoms. The van der Waals surface area contributed by atoms with Crippen LogP contribution >= 0.6 is 0 Å². The van der Waals surface area contributed by atoms with Gasteiger partial charge in [0.15, 0.2) is 0 Å². The standard InChI is InChI=1S/C18H16F3N5O3/c1-28-14-7-13(8-15(9-14)29-2)22-16(27)10-26-24-17(23-25-26)11-4-3-5-12(6-11)18(19,20)21/h3-9H,10H2,1-2H3,(H,22,27). The van der Waals surface area contributed by atoms with Gasteiger partial charge in [0, 0.05) is 29.4 Å². The van der Waals surface area contributed by atoms with E-state index in [2.05, 4.69) is 20.7 Å². The number of hydrogen-bond acceptors (Lipinski definition) is 6. The van der Waals surface area contributed by atoms with Crippen molar-refractivity contribution < 1.29 is 27.4 Å². The summed E-state index contributed by atoms with van der Waals surface area (Å²) in [6.07, 6.45) is -4.48. The Morgan fingerprint density at radius 3 is 2.41 bits per heavy atom. The fraction of sp³-hybridized carbons (Fsp3) is 0.222. The molecule has 0 aliphatic heterocycles. The zero-order chi connectivity index (χ0) is 21.0. The molecule has 3 aromatic rings. The fourth-order valence-corrected chi connectivity index (χ4v) is 2.47. The minimum Gasteiger partial charge on any atom is -0.497 e. The van der Waals surface area contributed by atoms with Gasteiger partial charge in [-0.15, -0.1) is 10.2 Å². The summed E-state index contributed by atoms with van der Waals surface area (Å²) in [4.78, 5) is 13.2. The highest BCUT2D eigenvalue weighted by Crippen LogP contribution is 2.31. The van der Waals surface area contributed by atoms with Crippen LogP contribution in [0.15, 0.2) is 42.5 Å². The molecule has 29 heavy (non-hydrogen) atoms. The number of carbonyl (C=O) groups is 1. The van der Waals surface area contributed by atoms with Crippen LogP contribution in [0.25, 0.3) is 11.4 Å². The summed E-state index contributed by atoms with van der Waals surface area (Å²) >= 11 is 0. The Morgan fingerprint density at radius 2 is 1.79 bits per heavy atom. The fourth-order valence-electron chi connectivity index (χ4n) is 2.47. The number of carbonyl (C=O) groups excluding carboxylic acids is 1. The van der Waals surface area contributed by atoms with Crippen molar-refractivity contribution in [1.82, 2.24) is 20.2 Å². The second-order valence-electron chi connectivity index (χ2n) is 5.87. The largest absolute Gasteiger partial charge is 0.497 e. The summed E-state index contributed by atoms with van der Waals surface area (Å²) in [5.74, 6) is 0.496. The molecular formula is C18H16F3N5O3. The maximum atomic E-state index is 12.8. The molecule has 2 aromatic carbocycles. The molecule has 1 aromatic heterocycles. The normalized spacial score (nSPS) is 11.2. The number of nitrogens with zero attached hydrogens (tertiary/aromatic N) is 4. The quantitative estimate of drug-likeness (QED) is 0.676. The Bertz CT molecular complexity index is 998. The molecule has 0 unspecified atom stereocenters. The van der Waals surface area contributed by atoms with Crippen molar-refractivity contribution >= 4 is 11.6 Å². The maximum Gasteiger partial charge on any atom is 0.416 e. The summed E-state index contributed by atoms with van der Waals surface area (Å²) in [7, 11) is 2.96. The number of amides is 1. The highest BCUT2D eigenvalue weighted by atomic mass is 19.4. The predicted molar refractivity (Wildman–Crippen MR) is 96.4 cm³/mol. The minimum absolute atomic E-state index is 0.0213. The monoisotopic (exact) mass is 407 g/mol. The van der Waals surface area contributed by atoms with Crippen LogP contribution in [0, 0.1) is 0 Å². The Balaban J connectivity index is 1.71. The van der Waals surface area contributed by atoms with Crippen molar-refractivity contribution in [3.8, 4) is 22.9 Å². The molecule has 0 saturated heterocycles. The third-order valence-electron chi connectivity index (χ3n) is 3.82. The van der Waals surface area contributed by atoms with Crippen molar-refractivity contribution in [3.05, 3.63) is 48.0 Å². The third-order valence-corrected chi connectivity index (χ3v) is 3.82. The van der Waals surface area contributed by atoms with Crippen LogP contribution in [0.3, 0.4) is 0 Å². The highest BCUT2D eigenvalue weighted by Gasteiger charge is 2.30. The van der Waals surface area contributed by atoms with Crippen LogP contribution in [-0.4, -0.2) is 40.3 Å². The zero-order valence-electron chi connectivity index (χ0n) is 15.4. The number of methoxy groups -OCH3 is 2. The van der Waals surface area contributed by atoms with E-state index < -0.39 is 17.6 Å². The molecule has 1 heterocycles. The van der Waals surface area contributed by atoms with Gasteiger partial charge in [-0.3, -0.25) is 4.79 Å². The van der Waals surface area contributed by atoms with Gasteiger partial charge in [0.1, 0.15) is 18.0 Å². The van der Waals surface area contributed by atoms with Gasteiger partial charge in [0.05, 0.1) is 19.8 Å². The topological polar surface area (TPSA) is 91.2 Å². The lowest BCUT2D eigenvalue weighted by molar-refractivity contribution is -0.137. The lowest BCUT2D eigenvalue weighted by Gasteiger charge is -2.09. The molecule has 0 bridgehead atoms. The number of aromatic nitrogens is 4. The SMILES string of the molecule is COc1cc(NC(=O)Cn2nnc(-c3cccc(C(F)(F)F)c3)n2)cc(OC)c1. The highest BCUT2D eigenvalue weighted by molar-refractivity contribution is 5.90. The van der Waals surface area contributed by atoms with Crippen molar-refractivity contribution in [2.24, 2.45) is 0 Å². The molecule has 1 amide bonds. The van der Waals surface area contributed by atoms with Gasteiger partial charge in [-0.05, 0) is 17.3 Å². The van der Waals surface area contributed by atoms with Crippen LogP contribution in [0.1, 0.15) is 5.56 Å². The number of alkyl halides is 3. The van der Waals surface area contributed by atoms with E-state index in [-0.39, 0.29) is 17.9 Å². The summed E-state index contributed by atoms with van der Waals surface area (Å²) < 4.78 is 48.8. The number of nitrogens with one attached hydrogen (secondary N) is 1. The van der Waals surface area contributed by atoms with E-state index >= 15 is 0 Å². The number of tetrazole rings is 1. The van der Waals surface area contributed by atoms with Crippen LogP contribution < -0.4 is 14.8 Å². The van der Waals surface area contributed by atoms with Crippen molar-refractivity contribution in [2.45, 2.75) is 12.7 Å². The predicted octanol–water partition coefficient (Wildman–Crippen LogP) is 3.01. The van der Waals surface area contributed by atoms with Gasteiger partial charge >= 0.3 is 6.18 Å². The molecule has 11 heteroatoms. The summed E-state index contributed by atoms with van der Waals surface area (Å²) in [5, 5.41) is 14.0. The summed E-state index contributed by atoms with van der Waals surface area (Å²) in [5.41, 5.74) is -0.246. The van der Waals surface area contributed by atoms with Gasteiger partial charge in [0.25, 0.3) is 0 Å². The summed E-state index contributed by atoms with van der Waals surface area (Å²) in [6, 6.07) is 9.40.